The Balaban J connectivity index is 2.21. The van der Waals surface area contributed by atoms with Gasteiger partial charge in [-0.25, -0.2) is 4.79 Å². The van der Waals surface area contributed by atoms with E-state index in [0.717, 1.165) is 10.0 Å². The summed E-state index contributed by atoms with van der Waals surface area (Å²) in [7, 11) is 0. The monoisotopic (exact) mass is 419 g/mol. The Morgan fingerprint density at radius 2 is 2.04 bits per heavy atom. The molecule has 1 atom stereocenters. The number of nitrogens with two attached hydrogens (primary N) is 1. The summed E-state index contributed by atoms with van der Waals surface area (Å²) in [5.74, 6) is -0.621. The lowest BCUT2D eigenvalue weighted by molar-refractivity contribution is -0.139. The topological polar surface area (TPSA) is 78.6 Å². The molecular formula is C20H22BrNO4. The van der Waals surface area contributed by atoms with Crippen molar-refractivity contribution in [3.05, 3.63) is 57.1 Å². The first kappa shape index (κ1) is 18.7. The van der Waals surface area contributed by atoms with E-state index in [1.54, 1.807) is 6.92 Å². The van der Waals surface area contributed by atoms with Crippen LogP contribution < -0.4 is 5.73 Å². The first-order valence-electron chi connectivity index (χ1n) is 8.60. The van der Waals surface area contributed by atoms with E-state index >= 15 is 0 Å². The van der Waals surface area contributed by atoms with Gasteiger partial charge in [0.05, 0.1) is 12.5 Å². The second-order valence-electron chi connectivity index (χ2n) is 7.33. The summed E-state index contributed by atoms with van der Waals surface area (Å²) < 4.78 is 11.8. The van der Waals surface area contributed by atoms with Gasteiger partial charge in [0.15, 0.2) is 5.78 Å². The molecule has 1 unspecified atom stereocenters. The molecule has 5 nitrogen and oxygen atoms in total. The van der Waals surface area contributed by atoms with Crippen molar-refractivity contribution in [3.8, 4) is 0 Å². The number of Topliss-reactive ketones (excluding diaryl/α,β-unsaturated/α-hetero) is 1. The molecule has 0 saturated carbocycles. The molecule has 2 aliphatic rings. The van der Waals surface area contributed by atoms with Gasteiger partial charge in [-0.05, 0) is 24.0 Å². The van der Waals surface area contributed by atoms with Crippen LogP contribution in [0.5, 0.6) is 0 Å². The molecule has 2 N–H and O–H groups in total. The van der Waals surface area contributed by atoms with Gasteiger partial charge in [-0.3, -0.25) is 4.79 Å². The van der Waals surface area contributed by atoms with Crippen LogP contribution in [0.15, 0.2) is 51.5 Å². The number of ether oxygens (including phenoxy) is 2. The average Bonchev–Trinajstić information content (AvgIpc) is 2.53. The normalized spacial score (nSPS) is 22.0. The van der Waals surface area contributed by atoms with Gasteiger partial charge in [-0.15, -0.1) is 0 Å². The number of allylic oxidation sites excluding steroid dienone is 2. The van der Waals surface area contributed by atoms with Crippen molar-refractivity contribution in [2.75, 3.05) is 6.61 Å². The molecule has 1 aromatic rings. The number of ketones is 1. The van der Waals surface area contributed by atoms with Crippen LogP contribution in [0.4, 0.5) is 0 Å². The van der Waals surface area contributed by atoms with E-state index in [1.165, 1.54) is 0 Å². The zero-order chi connectivity index (χ0) is 19.1. The highest BCUT2D eigenvalue weighted by atomic mass is 79.9. The Morgan fingerprint density at radius 1 is 1.35 bits per heavy atom. The minimum Gasteiger partial charge on any atom is -0.462 e. The van der Waals surface area contributed by atoms with Crippen molar-refractivity contribution in [2.45, 2.75) is 39.5 Å². The highest BCUT2D eigenvalue weighted by Gasteiger charge is 2.45. The van der Waals surface area contributed by atoms with Gasteiger partial charge >= 0.3 is 5.97 Å². The molecule has 0 fully saturated rings. The lowest BCUT2D eigenvalue weighted by Crippen LogP contribution is -2.35. The van der Waals surface area contributed by atoms with Gasteiger partial charge in [-0.1, -0.05) is 48.0 Å². The van der Waals surface area contributed by atoms with Gasteiger partial charge in [0.2, 0.25) is 5.88 Å². The van der Waals surface area contributed by atoms with Crippen LogP contribution in [0.2, 0.25) is 0 Å². The smallest absolute Gasteiger partial charge is 0.340 e. The van der Waals surface area contributed by atoms with Gasteiger partial charge in [0.25, 0.3) is 0 Å². The molecule has 0 amide bonds. The predicted molar refractivity (Wildman–Crippen MR) is 101 cm³/mol. The van der Waals surface area contributed by atoms with Gasteiger partial charge < -0.3 is 15.2 Å². The maximum absolute atomic E-state index is 13.0. The summed E-state index contributed by atoms with van der Waals surface area (Å²) in [6.07, 6.45) is 0.984. The highest BCUT2D eigenvalue weighted by molar-refractivity contribution is 9.10. The van der Waals surface area contributed by atoms with E-state index in [1.807, 2.05) is 38.1 Å². The maximum Gasteiger partial charge on any atom is 0.340 e. The Hall–Kier alpha value is -2.08. The molecule has 0 saturated heterocycles. The Labute approximate surface area is 161 Å². The quantitative estimate of drug-likeness (QED) is 0.750. The van der Waals surface area contributed by atoms with Crippen LogP contribution in [-0.2, 0) is 19.1 Å². The number of rotatable bonds is 3. The summed E-state index contributed by atoms with van der Waals surface area (Å²) in [6, 6.07) is 7.50. The van der Waals surface area contributed by atoms with Gasteiger partial charge in [-0.2, -0.15) is 0 Å². The number of benzene rings is 1. The Morgan fingerprint density at radius 3 is 2.69 bits per heavy atom. The zero-order valence-corrected chi connectivity index (χ0v) is 16.7. The molecule has 1 heterocycles. The first-order valence-corrected chi connectivity index (χ1v) is 9.39. The summed E-state index contributed by atoms with van der Waals surface area (Å²) in [5.41, 5.74) is 7.40. The van der Waals surface area contributed by atoms with E-state index in [0.29, 0.717) is 24.2 Å². The summed E-state index contributed by atoms with van der Waals surface area (Å²) in [4.78, 5) is 25.6. The predicted octanol–water partition coefficient (Wildman–Crippen LogP) is 3.94. The number of hydrogen-bond donors (Lipinski definition) is 1. The Kier molecular flexibility index (Phi) is 4.97. The van der Waals surface area contributed by atoms with Crippen molar-refractivity contribution in [1.29, 1.82) is 0 Å². The molecule has 0 aromatic heterocycles. The number of halogens is 1. The minimum absolute atomic E-state index is 0.00783. The van der Waals surface area contributed by atoms with Crippen LogP contribution in [0.25, 0.3) is 0 Å². The van der Waals surface area contributed by atoms with Crippen molar-refractivity contribution in [1.82, 2.24) is 0 Å². The van der Waals surface area contributed by atoms with Crippen molar-refractivity contribution < 1.29 is 19.1 Å². The maximum atomic E-state index is 13.0. The van der Waals surface area contributed by atoms with E-state index in [-0.39, 0.29) is 29.3 Å². The fourth-order valence-electron chi connectivity index (χ4n) is 3.61. The molecule has 1 aliphatic carbocycles. The first-order chi connectivity index (χ1) is 12.2. The van der Waals surface area contributed by atoms with E-state index in [4.69, 9.17) is 15.2 Å². The molecule has 6 heteroatoms. The van der Waals surface area contributed by atoms with E-state index in [9.17, 15) is 9.59 Å². The molecule has 138 valence electrons. The van der Waals surface area contributed by atoms with Crippen molar-refractivity contribution in [2.24, 2.45) is 11.1 Å². The summed E-state index contributed by atoms with van der Waals surface area (Å²) in [6.45, 7) is 5.98. The lowest BCUT2D eigenvalue weighted by Gasteiger charge is -2.38. The number of hydrogen-bond acceptors (Lipinski definition) is 5. The van der Waals surface area contributed by atoms with Gasteiger partial charge in [0, 0.05) is 22.9 Å². The average molecular weight is 420 g/mol. The highest BCUT2D eigenvalue weighted by Crippen LogP contribution is 2.49. The Bertz CT molecular complexity index is 838. The molecule has 0 radical (unpaired) electrons. The third-order valence-electron chi connectivity index (χ3n) is 4.67. The molecule has 1 aromatic carbocycles. The molecule has 26 heavy (non-hydrogen) atoms. The van der Waals surface area contributed by atoms with Crippen molar-refractivity contribution in [3.63, 3.8) is 0 Å². The third kappa shape index (κ3) is 3.30. The van der Waals surface area contributed by atoms with E-state index < -0.39 is 11.9 Å². The number of carbonyl (C=O) groups is 2. The summed E-state index contributed by atoms with van der Waals surface area (Å²) >= 11 is 3.54. The largest absolute Gasteiger partial charge is 0.462 e. The minimum atomic E-state index is -0.600. The standard InChI is InChI=1S/C20H22BrNO4/c1-4-25-19(24)17-15(11-7-5-6-8-12(11)21)16-13(23)9-20(2,3)10-14(16)26-18(17)22/h5-8,15H,4,9-10,22H2,1-3H3. The third-order valence-corrected chi connectivity index (χ3v) is 5.39. The molecule has 0 spiro atoms. The fourth-order valence-corrected chi connectivity index (χ4v) is 4.13. The molecule has 1 aliphatic heterocycles. The van der Waals surface area contributed by atoms with Crippen molar-refractivity contribution >= 4 is 27.7 Å². The molecule has 0 bridgehead atoms. The van der Waals surface area contributed by atoms with E-state index in [2.05, 4.69) is 15.9 Å². The zero-order valence-electron chi connectivity index (χ0n) is 15.1. The number of esters is 1. The second kappa shape index (κ2) is 6.91. The fraction of sp³-hybridized carbons (Fsp3) is 0.400. The SMILES string of the molecule is CCOC(=O)C1=C(N)OC2=C(C(=O)CC(C)(C)C2)C1c1ccccc1Br. The molecular weight excluding hydrogens is 398 g/mol. The molecule has 3 rings (SSSR count). The summed E-state index contributed by atoms with van der Waals surface area (Å²) in [5, 5.41) is 0. The lowest BCUT2D eigenvalue weighted by atomic mass is 9.70. The van der Waals surface area contributed by atoms with Crippen LogP contribution >= 0.6 is 15.9 Å². The van der Waals surface area contributed by atoms with Gasteiger partial charge in [0.1, 0.15) is 11.3 Å². The van der Waals surface area contributed by atoms with Crippen LogP contribution in [-0.4, -0.2) is 18.4 Å². The van der Waals surface area contributed by atoms with Crippen LogP contribution in [0, 0.1) is 5.41 Å². The second-order valence-corrected chi connectivity index (χ2v) is 8.19. The van der Waals surface area contributed by atoms with Crippen LogP contribution in [0.3, 0.4) is 0 Å². The van der Waals surface area contributed by atoms with Crippen LogP contribution in [0.1, 0.15) is 45.1 Å². The number of carbonyl (C=O) groups excluding carboxylic acids is 2.